The summed E-state index contributed by atoms with van der Waals surface area (Å²) in [5, 5.41) is 8.56. The van der Waals surface area contributed by atoms with Crippen LogP contribution in [0.5, 0.6) is 0 Å². The fourth-order valence-corrected chi connectivity index (χ4v) is 17.5. The molecule has 0 saturated heterocycles. The van der Waals surface area contributed by atoms with Crippen molar-refractivity contribution < 1.29 is 8.83 Å². The molecule has 0 aliphatic rings. The molecule has 118 heavy (non-hydrogen) atoms. The maximum atomic E-state index is 6.51. The fourth-order valence-electron chi connectivity index (χ4n) is 17.5. The van der Waals surface area contributed by atoms with Crippen LogP contribution in [-0.2, 0) is 0 Å². The van der Waals surface area contributed by atoms with E-state index in [1.54, 1.807) is 6.33 Å². The molecule has 0 aliphatic heterocycles. The highest BCUT2D eigenvalue weighted by Crippen LogP contribution is 2.50. The third-order valence-corrected chi connectivity index (χ3v) is 23.0. The quantitative estimate of drug-likeness (QED) is 0.114. The summed E-state index contributed by atoms with van der Waals surface area (Å²) < 4.78 is 17.7. The van der Waals surface area contributed by atoms with Gasteiger partial charge in [-0.15, -0.1) is 0 Å². The summed E-state index contributed by atoms with van der Waals surface area (Å²) in [6.45, 7) is 0. The lowest BCUT2D eigenvalue weighted by Crippen LogP contribution is -2.02. The molecule has 552 valence electrons. The normalized spacial score (nSPS) is 11.6. The van der Waals surface area contributed by atoms with Crippen LogP contribution in [0, 0.1) is 0 Å². The second-order valence-electron chi connectivity index (χ2n) is 29.9. The Morgan fingerprint density at radius 2 is 0.475 bits per heavy atom. The van der Waals surface area contributed by atoms with Gasteiger partial charge in [0.25, 0.3) is 0 Å². The summed E-state index contributed by atoms with van der Waals surface area (Å²) in [6, 6.07) is 149. The van der Waals surface area contributed by atoms with Crippen molar-refractivity contribution in [3.05, 3.63) is 425 Å². The van der Waals surface area contributed by atoms with Gasteiger partial charge in [-0.2, -0.15) is 4.98 Å². The lowest BCUT2D eigenvalue weighted by Gasteiger charge is -2.21. The van der Waals surface area contributed by atoms with Gasteiger partial charge in [0.2, 0.25) is 11.4 Å². The van der Waals surface area contributed by atoms with Crippen molar-refractivity contribution >= 4 is 87.7 Å². The molecule has 0 radical (unpaired) electrons. The molecular formula is C110H70N6O2. The van der Waals surface area contributed by atoms with Crippen LogP contribution >= 0.6 is 0 Å². The van der Waals surface area contributed by atoms with E-state index in [0.29, 0.717) is 17.3 Å². The van der Waals surface area contributed by atoms with Crippen molar-refractivity contribution in [3.8, 4) is 134 Å². The summed E-state index contributed by atoms with van der Waals surface area (Å²) in [7, 11) is 0. The SMILES string of the molecule is c1ccc(-c2ccc3c(c2)c2cc(-c4ccccc4)ccc2n3-c2c(-c3ccccc3)cc(-c3nc(-c4ccccc4)nc4oc5ccccc5c34)cc2-c2ccccc2)cc1.c1ccc(-c2ccc3c(c2)c2cc(-c4ccccc4)ccc2n3-c2c(-c3ccccc3)cc(-c3ncnc4oc5ccccc5c34)cc2-c2ccccc2)cc1. The van der Waals surface area contributed by atoms with Gasteiger partial charge in [-0.1, -0.05) is 334 Å². The first-order valence-corrected chi connectivity index (χ1v) is 39.9. The van der Waals surface area contributed by atoms with E-state index in [4.69, 9.17) is 23.8 Å². The second-order valence-corrected chi connectivity index (χ2v) is 29.9. The van der Waals surface area contributed by atoms with Crippen LogP contribution in [0.2, 0.25) is 0 Å². The Morgan fingerprint density at radius 1 is 0.195 bits per heavy atom. The molecule has 0 spiro atoms. The van der Waals surface area contributed by atoms with Crippen molar-refractivity contribution in [3.63, 3.8) is 0 Å². The van der Waals surface area contributed by atoms with Crippen molar-refractivity contribution in [2.24, 2.45) is 0 Å². The molecule has 0 amide bonds. The summed E-state index contributed by atoms with van der Waals surface area (Å²) in [5.41, 5.74) is 32.3. The number of hydrogen-bond donors (Lipinski definition) is 0. The molecule has 23 aromatic rings. The number of hydrogen-bond acceptors (Lipinski definition) is 6. The van der Waals surface area contributed by atoms with Crippen LogP contribution in [0.4, 0.5) is 0 Å². The van der Waals surface area contributed by atoms with Crippen molar-refractivity contribution in [1.29, 1.82) is 0 Å². The van der Waals surface area contributed by atoms with E-state index in [0.717, 1.165) is 139 Å². The maximum Gasteiger partial charge on any atom is 0.231 e. The van der Waals surface area contributed by atoms with Crippen molar-refractivity contribution in [2.45, 2.75) is 0 Å². The van der Waals surface area contributed by atoms with Gasteiger partial charge in [-0.05, 0) is 152 Å². The lowest BCUT2D eigenvalue weighted by atomic mass is 9.91. The lowest BCUT2D eigenvalue weighted by molar-refractivity contribution is 0.652. The number of aromatic nitrogens is 6. The molecule has 23 rings (SSSR count). The predicted molar refractivity (Wildman–Crippen MR) is 487 cm³/mol. The molecule has 6 heterocycles. The molecule has 0 unspecified atom stereocenters. The Bertz CT molecular complexity index is 7430. The standard InChI is InChI=1S/C58H37N3O.C52H33N3O/c1-6-18-38(19-7-1)43-30-32-51-49(34-43)50-35-44(39-20-8-2-9-21-39)31-33-52(50)61(51)56-47(40-22-10-3-11-23-40)36-45(37-48(56)41-24-12-4-13-25-41)55-54-46-28-16-17-29-53(46)62-58(54)60-57(59-55)42-26-14-5-15-27-42;1-5-15-34(16-6-1)38-25-27-46-44(29-38)45-30-39(35-17-7-2-8-18-35)26-28-47(45)55(46)51-42(36-19-9-3-10-20-36)31-40(32-43(51)37-21-11-4-12-22-37)50-49-41-23-13-14-24-48(41)56-52(49)54-33-53-50/h1-37H;1-33H. The van der Waals surface area contributed by atoms with E-state index in [9.17, 15) is 0 Å². The highest BCUT2D eigenvalue weighted by atomic mass is 16.3. The van der Waals surface area contributed by atoms with Gasteiger partial charge >= 0.3 is 0 Å². The van der Waals surface area contributed by atoms with E-state index in [2.05, 4.69) is 384 Å². The topological polar surface area (TPSA) is 87.7 Å². The smallest absolute Gasteiger partial charge is 0.231 e. The van der Waals surface area contributed by atoms with Gasteiger partial charge in [0.15, 0.2) is 5.82 Å². The van der Waals surface area contributed by atoms with E-state index in [1.165, 1.54) is 66.1 Å². The van der Waals surface area contributed by atoms with Crippen LogP contribution in [0.1, 0.15) is 0 Å². The Hall–Kier alpha value is -15.9. The minimum atomic E-state index is 0.562. The number of nitrogens with zero attached hydrogens (tertiary/aromatic N) is 6. The molecule has 17 aromatic carbocycles. The van der Waals surface area contributed by atoms with E-state index in [-0.39, 0.29) is 0 Å². The zero-order valence-electron chi connectivity index (χ0n) is 63.9. The Labute approximate surface area is 680 Å². The van der Waals surface area contributed by atoms with Gasteiger partial charge in [0.05, 0.1) is 55.6 Å². The first-order chi connectivity index (χ1) is 58.5. The largest absolute Gasteiger partial charge is 0.438 e. The highest BCUT2D eigenvalue weighted by molar-refractivity contribution is 6.17. The number of furan rings is 2. The number of para-hydroxylation sites is 2. The molecule has 0 bridgehead atoms. The molecule has 0 saturated carbocycles. The van der Waals surface area contributed by atoms with Crippen LogP contribution in [0.3, 0.4) is 0 Å². The first kappa shape index (κ1) is 68.9. The van der Waals surface area contributed by atoms with Crippen LogP contribution < -0.4 is 0 Å². The minimum absolute atomic E-state index is 0.562. The third-order valence-electron chi connectivity index (χ3n) is 23.0. The van der Waals surface area contributed by atoms with Crippen molar-refractivity contribution in [1.82, 2.24) is 29.1 Å². The average molecular weight is 1510 g/mol. The van der Waals surface area contributed by atoms with E-state index in [1.807, 2.05) is 48.5 Å². The molecule has 8 nitrogen and oxygen atoms in total. The van der Waals surface area contributed by atoms with Gasteiger partial charge in [0, 0.05) is 71.3 Å². The molecule has 6 aromatic heterocycles. The van der Waals surface area contributed by atoms with Gasteiger partial charge in [0.1, 0.15) is 17.5 Å². The van der Waals surface area contributed by atoms with E-state index < -0.39 is 0 Å². The minimum Gasteiger partial charge on any atom is -0.438 e. The molecule has 0 N–H and O–H groups in total. The Balaban J connectivity index is 0.000000143. The average Bonchev–Trinajstić information content (AvgIpc) is 1.58. The fraction of sp³-hybridized carbons (Fsp3) is 0. The van der Waals surface area contributed by atoms with E-state index >= 15 is 0 Å². The van der Waals surface area contributed by atoms with Crippen LogP contribution in [0.25, 0.3) is 222 Å². The summed E-state index contributed by atoms with van der Waals surface area (Å²) in [4.78, 5) is 20.0. The van der Waals surface area contributed by atoms with Crippen LogP contribution in [-0.4, -0.2) is 29.1 Å². The first-order valence-electron chi connectivity index (χ1n) is 39.9. The number of rotatable bonds is 13. The third kappa shape index (κ3) is 12.2. The van der Waals surface area contributed by atoms with Gasteiger partial charge in [-0.25, -0.2) is 15.0 Å². The highest BCUT2D eigenvalue weighted by Gasteiger charge is 2.28. The number of benzene rings is 17. The monoisotopic (exact) mass is 1510 g/mol. The molecule has 0 atom stereocenters. The summed E-state index contributed by atoms with van der Waals surface area (Å²) in [5.74, 6) is 0.615. The Kier molecular flexibility index (Phi) is 17.1. The molecule has 8 heteroatoms. The summed E-state index contributed by atoms with van der Waals surface area (Å²) >= 11 is 0. The van der Waals surface area contributed by atoms with Crippen molar-refractivity contribution in [2.75, 3.05) is 0 Å². The Morgan fingerprint density at radius 3 is 0.814 bits per heavy atom. The molecule has 0 fully saturated rings. The summed E-state index contributed by atoms with van der Waals surface area (Å²) in [6.07, 6.45) is 1.61. The molecule has 0 aliphatic carbocycles. The predicted octanol–water partition coefficient (Wildman–Crippen LogP) is 29.3. The van der Waals surface area contributed by atoms with Gasteiger partial charge < -0.3 is 18.0 Å². The zero-order valence-corrected chi connectivity index (χ0v) is 63.9. The van der Waals surface area contributed by atoms with Crippen LogP contribution in [0.15, 0.2) is 434 Å². The number of fused-ring (bicyclic) bond motifs is 12. The zero-order chi connectivity index (χ0) is 78.0. The molecular weight excluding hydrogens is 1440 g/mol. The maximum absolute atomic E-state index is 6.51. The second kappa shape index (κ2) is 29.3. The van der Waals surface area contributed by atoms with Gasteiger partial charge in [-0.3, -0.25) is 0 Å².